The molecule has 39 heavy (non-hydrogen) atoms. The van der Waals surface area contributed by atoms with Crippen molar-refractivity contribution < 1.29 is 12.6 Å². The number of pyridine rings is 1. The van der Waals surface area contributed by atoms with Crippen LogP contribution >= 0.6 is 0 Å². The van der Waals surface area contributed by atoms with Gasteiger partial charge >= 0.3 is 0 Å². The number of aryl methyl sites for hydroxylation is 2. The van der Waals surface area contributed by atoms with E-state index in [0.29, 0.717) is 28.0 Å². The van der Waals surface area contributed by atoms with Crippen molar-refractivity contribution in [1.82, 2.24) is 4.98 Å². The Hall–Kier alpha value is -4.21. The summed E-state index contributed by atoms with van der Waals surface area (Å²) in [5.74, 6) is 0. The van der Waals surface area contributed by atoms with E-state index in [1.165, 1.54) is 6.20 Å². The molecule has 3 heteroatoms. The molecule has 7 rings (SSSR count). The van der Waals surface area contributed by atoms with Crippen LogP contribution in [0.15, 0.2) is 102 Å². The van der Waals surface area contributed by atoms with Crippen LogP contribution in [0, 0.1) is 13.7 Å². The van der Waals surface area contributed by atoms with Gasteiger partial charge in [0.2, 0.25) is 0 Å². The SMILES string of the molecule is [2H]C([2H])([2H])c1cnc(-c2cccc3c2oc2cc4c(ccc5ccccc54)cc23)cc1-c1ccc([Si](C)(C)C)cc1C([2H])([2H])[2H]. The second-order valence-corrected chi connectivity index (χ2v) is 16.3. The predicted octanol–water partition coefficient (Wildman–Crippen LogP) is 9.78. The molecule has 0 aliphatic heterocycles. The minimum Gasteiger partial charge on any atom is -0.455 e. The van der Waals surface area contributed by atoms with E-state index in [0.717, 1.165) is 43.1 Å². The maximum atomic E-state index is 8.37. The van der Waals surface area contributed by atoms with Gasteiger partial charge in [-0.1, -0.05) is 91.6 Å². The molecule has 190 valence electrons. The molecule has 0 radical (unpaired) electrons. The lowest BCUT2D eigenvalue weighted by molar-refractivity contribution is 0.670. The molecule has 0 aliphatic carbocycles. The molecule has 2 nitrogen and oxygen atoms in total. The standard InChI is InChI=1S/C36H31NOSi/c1-22-17-26(39(3,4)5)15-16-27(22)31-19-34(37-21-23(31)2)30-12-8-11-29-33-18-25-14-13-24-9-6-7-10-28(24)32(25)20-35(33)38-36(29)30/h6-21H,1-5H3/i1D3,2D3. The summed E-state index contributed by atoms with van der Waals surface area (Å²) in [5.41, 5.74) is 3.44. The highest BCUT2D eigenvalue weighted by atomic mass is 28.3. The van der Waals surface area contributed by atoms with Crippen LogP contribution in [-0.4, -0.2) is 13.1 Å². The second-order valence-electron chi connectivity index (χ2n) is 11.3. The molecule has 5 aromatic carbocycles. The van der Waals surface area contributed by atoms with E-state index in [-0.39, 0.29) is 11.1 Å². The van der Waals surface area contributed by atoms with Gasteiger partial charge in [-0.3, -0.25) is 4.98 Å². The molecular weight excluding hydrogens is 490 g/mol. The molecule has 0 unspecified atom stereocenters. The number of fused-ring (bicyclic) bond motifs is 6. The zero-order valence-corrected chi connectivity index (χ0v) is 23.1. The highest BCUT2D eigenvalue weighted by molar-refractivity contribution is 6.88. The summed E-state index contributed by atoms with van der Waals surface area (Å²) < 4.78 is 56.5. The number of hydrogen-bond acceptors (Lipinski definition) is 2. The minimum absolute atomic E-state index is 0.00686. The molecule has 0 aliphatic rings. The van der Waals surface area contributed by atoms with Crippen molar-refractivity contribution in [3.05, 3.63) is 108 Å². The lowest BCUT2D eigenvalue weighted by Gasteiger charge is -2.19. The van der Waals surface area contributed by atoms with Crippen LogP contribution in [0.3, 0.4) is 0 Å². The molecule has 0 fully saturated rings. The fourth-order valence-corrected chi connectivity index (χ4v) is 6.73. The van der Waals surface area contributed by atoms with E-state index in [1.807, 2.05) is 36.4 Å². The van der Waals surface area contributed by atoms with Crippen molar-refractivity contribution in [2.24, 2.45) is 0 Å². The average Bonchev–Trinajstić information content (AvgIpc) is 3.35. The number of aromatic nitrogens is 1. The van der Waals surface area contributed by atoms with Gasteiger partial charge in [-0.05, 0) is 81.8 Å². The van der Waals surface area contributed by atoms with Crippen molar-refractivity contribution in [2.45, 2.75) is 33.3 Å². The summed E-state index contributed by atoms with van der Waals surface area (Å²) in [6.45, 7) is 1.53. The van der Waals surface area contributed by atoms with Crippen molar-refractivity contribution in [1.29, 1.82) is 0 Å². The molecule has 0 amide bonds. The highest BCUT2D eigenvalue weighted by Gasteiger charge is 2.19. The maximum Gasteiger partial charge on any atom is 0.144 e. The smallest absolute Gasteiger partial charge is 0.144 e. The Morgan fingerprint density at radius 2 is 1.46 bits per heavy atom. The van der Waals surface area contributed by atoms with Crippen LogP contribution in [0.5, 0.6) is 0 Å². The van der Waals surface area contributed by atoms with Gasteiger partial charge < -0.3 is 4.42 Å². The maximum absolute atomic E-state index is 8.37. The lowest BCUT2D eigenvalue weighted by Crippen LogP contribution is -2.37. The first kappa shape index (κ1) is 18.1. The molecule has 0 bridgehead atoms. The van der Waals surface area contributed by atoms with Crippen molar-refractivity contribution in [3.8, 4) is 22.4 Å². The second kappa shape index (κ2) is 8.65. The van der Waals surface area contributed by atoms with Gasteiger partial charge in [0.25, 0.3) is 0 Å². The number of benzene rings is 5. The quantitative estimate of drug-likeness (QED) is 0.169. The number of furan rings is 1. The average molecular weight is 528 g/mol. The molecule has 2 aromatic heterocycles. The van der Waals surface area contributed by atoms with Crippen molar-refractivity contribution in [2.75, 3.05) is 0 Å². The third-order valence-corrected chi connectivity index (χ3v) is 9.76. The predicted molar refractivity (Wildman–Crippen MR) is 170 cm³/mol. The summed E-state index contributed by atoms with van der Waals surface area (Å²) in [6, 6.07) is 29.7. The van der Waals surface area contributed by atoms with E-state index in [4.69, 9.17) is 12.6 Å². The van der Waals surface area contributed by atoms with Crippen LogP contribution in [0.1, 0.15) is 19.4 Å². The van der Waals surface area contributed by atoms with Gasteiger partial charge in [0.05, 0.1) is 13.8 Å². The largest absolute Gasteiger partial charge is 0.455 e. The number of nitrogens with zero attached hydrogens (tertiary/aromatic N) is 1. The van der Waals surface area contributed by atoms with Gasteiger partial charge in [0, 0.05) is 30.8 Å². The first-order valence-corrected chi connectivity index (χ1v) is 16.6. The van der Waals surface area contributed by atoms with Gasteiger partial charge in [-0.25, -0.2) is 0 Å². The fraction of sp³-hybridized carbons (Fsp3) is 0.139. The summed E-state index contributed by atoms with van der Waals surface area (Å²) in [4.78, 5) is 4.61. The van der Waals surface area contributed by atoms with Crippen LogP contribution in [-0.2, 0) is 0 Å². The van der Waals surface area contributed by atoms with Gasteiger partial charge in [-0.15, -0.1) is 0 Å². The Balaban J connectivity index is 1.47. The van der Waals surface area contributed by atoms with Gasteiger partial charge in [-0.2, -0.15) is 0 Å². The monoisotopic (exact) mass is 527 g/mol. The summed E-state index contributed by atoms with van der Waals surface area (Å²) in [5, 5.41) is 7.40. The summed E-state index contributed by atoms with van der Waals surface area (Å²) in [6.07, 6.45) is 1.36. The van der Waals surface area contributed by atoms with Crippen LogP contribution < -0.4 is 5.19 Å². The van der Waals surface area contributed by atoms with E-state index in [1.54, 1.807) is 18.2 Å². The third kappa shape index (κ3) is 3.88. The topological polar surface area (TPSA) is 26.0 Å². The molecule has 0 N–H and O–H groups in total. The first-order valence-electron chi connectivity index (χ1n) is 16.1. The fourth-order valence-electron chi connectivity index (χ4n) is 5.57. The molecule has 2 heterocycles. The van der Waals surface area contributed by atoms with E-state index < -0.39 is 21.8 Å². The van der Waals surface area contributed by atoms with Gasteiger partial charge in [0.15, 0.2) is 0 Å². The number of rotatable bonds is 3. The number of para-hydroxylation sites is 1. The number of hydrogen-bond donors (Lipinski definition) is 0. The van der Waals surface area contributed by atoms with Crippen LogP contribution in [0.2, 0.25) is 19.6 Å². The molecule has 7 aromatic rings. The van der Waals surface area contributed by atoms with Crippen molar-refractivity contribution >= 4 is 56.7 Å². The minimum atomic E-state index is -2.50. The zero-order chi connectivity index (χ0) is 31.9. The van der Waals surface area contributed by atoms with E-state index in [9.17, 15) is 0 Å². The van der Waals surface area contributed by atoms with Crippen LogP contribution in [0.25, 0.3) is 65.9 Å². The molecule has 0 atom stereocenters. The molecule has 0 spiro atoms. The molecular formula is C36H31NOSi. The Morgan fingerprint density at radius 1 is 0.641 bits per heavy atom. The molecule has 0 saturated heterocycles. The van der Waals surface area contributed by atoms with Gasteiger partial charge in [0.1, 0.15) is 11.2 Å². The van der Waals surface area contributed by atoms with Crippen LogP contribution in [0.4, 0.5) is 0 Å². The Labute approximate surface area is 238 Å². The Bertz CT molecular complexity index is 2290. The first-order chi connectivity index (χ1) is 21.2. The lowest BCUT2D eigenvalue weighted by atomic mass is 9.95. The van der Waals surface area contributed by atoms with Crippen molar-refractivity contribution in [3.63, 3.8) is 0 Å². The normalized spacial score (nSPS) is 15.2. The highest BCUT2D eigenvalue weighted by Crippen LogP contribution is 2.39. The zero-order valence-electron chi connectivity index (χ0n) is 28.1. The summed E-state index contributed by atoms with van der Waals surface area (Å²) in [7, 11) is -1.85. The third-order valence-electron chi connectivity index (χ3n) is 7.72. The molecule has 0 saturated carbocycles. The summed E-state index contributed by atoms with van der Waals surface area (Å²) >= 11 is 0. The van der Waals surface area contributed by atoms with E-state index in [2.05, 4.69) is 61.0 Å². The van der Waals surface area contributed by atoms with E-state index >= 15 is 0 Å². The Kier molecular flexibility index (Phi) is 4.03. The Morgan fingerprint density at radius 3 is 2.31 bits per heavy atom.